The second-order valence-corrected chi connectivity index (χ2v) is 5.76. The standard InChI is InChI=1S/C13H23F3N2O/c1-8(2)11(17)7-18-12(19)9-4-3-5-10(6-9)13(14,15)16/h8-11H,3-7,17H2,1-2H3,(H,18,19). The van der Waals surface area contributed by atoms with E-state index in [2.05, 4.69) is 5.32 Å². The quantitative estimate of drug-likeness (QED) is 0.831. The van der Waals surface area contributed by atoms with E-state index in [-0.39, 0.29) is 30.7 Å². The summed E-state index contributed by atoms with van der Waals surface area (Å²) in [6.07, 6.45) is -3.15. The highest BCUT2D eigenvalue weighted by atomic mass is 19.4. The van der Waals surface area contributed by atoms with E-state index in [1.807, 2.05) is 13.8 Å². The first kappa shape index (κ1) is 16.3. The van der Waals surface area contributed by atoms with Crippen LogP contribution in [-0.2, 0) is 4.79 Å². The van der Waals surface area contributed by atoms with Crippen molar-refractivity contribution in [2.75, 3.05) is 6.54 Å². The lowest BCUT2D eigenvalue weighted by Crippen LogP contribution is -2.44. The summed E-state index contributed by atoms with van der Waals surface area (Å²) >= 11 is 0. The number of hydrogen-bond acceptors (Lipinski definition) is 2. The van der Waals surface area contributed by atoms with E-state index < -0.39 is 18.0 Å². The van der Waals surface area contributed by atoms with Crippen LogP contribution in [0.4, 0.5) is 13.2 Å². The smallest absolute Gasteiger partial charge is 0.354 e. The summed E-state index contributed by atoms with van der Waals surface area (Å²) in [4.78, 5) is 11.9. The van der Waals surface area contributed by atoms with Crippen LogP contribution < -0.4 is 11.1 Å². The van der Waals surface area contributed by atoms with Gasteiger partial charge < -0.3 is 11.1 Å². The molecule has 3 nitrogen and oxygen atoms in total. The highest BCUT2D eigenvalue weighted by Crippen LogP contribution is 2.39. The van der Waals surface area contributed by atoms with Crippen LogP contribution in [0.15, 0.2) is 0 Å². The van der Waals surface area contributed by atoms with Gasteiger partial charge in [0.05, 0.1) is 5.92 Å². The Bertz CT molecular complexity index is 305. The third-order valence-corrected chi connectivity index (χ3v) is 3.88. The molecule has 0 aromatic rings. The van der Waals surface area contributed by atoms with Crippen LogP contribution >= 0.6 is 0 Å². The molecule has 0 heterocycles. The average Bonchev–Trinajstić information content (AvgIpc) is 2.34. The summed E-state index contributed by atoms with van der Waals surface area (Å²) in [6, 6.07) is -0.161. The second kappa shape index (κ2) is 6.59. The second-order valence-electron chi connectivity index (χ2n) is 5.76. The molecular weight excluding hydrogens is 257 g/mol. The van der Waals surface area contributed by atoms with Gasteiger partial charge >= 0.3 is 6.18 Å². The maximum absolute atomic E-state index is 12.6. The Hall–Kier alpha value is -0.780. The van der Waals surface area contributed by atoms with Crippen LogP contribution in [0.25, 0.3) is 0 Å². The maximum atomic E-state index is 12.6. The molecule has 0 aromatic heterocycles. The molecule has 0 radical (unpaired) electrons. The number of hydrogen-bond donors (Lipinski definition) is 2. The molecule has 3 N–H and O–H groups in total. The predicted octanol–water partition coefficient (Wildman–Crippen LogP) is 2.45. The Kier molecular flexibility index (Phi) is 5.64. The Balaban J connectivity index is 2.44. The fourth-order valence-electron chi connectivity index (χ4n) is 2.32. The number of nitrogens with one attached hydrogen (secondary N) is 1. The van der Waals surface area contributed by atoms with Crippen LogP contribution in [0.2, 0.25) is 0 Å². The zero-order chi connectivity index (χ0) is 14.6. The van der Waals surface area contributed by atoms with Gasteiger partial charge in [-0.1, -0.05) is 20.3 Å². The molecule has 1 saturated carbocycles. The number of nitrogens with two attached hydrogens (primary N) is 1. The van der Waals surface area contributed by atoms with Crippen molar-refractivity contribution in [3.63, 3.8) is 0 Å². The minimum absolute atomic E-state index is 0.0910. The van der Waals surface area contributed by atoms with Crippen LogP contribution in [0.5, 0.6) is 0 Å². The normalized spacial score (nSPS) is 26.3. The van der Waals surface area contributed by atoms with Gasteiger partial charge in [0.15, 0.2) is 0 Å². The van der Waals surface area contributed by atoms with Crippen molar-refractivity contribution in [2.45, 2.75) is 51.7 Å². The van der Waals surface area contributed by atoms with Crippen molar-refractivity contribution in [3.05, 3.63) is 0 Å². The summed E-state index contributed by atoms with van der Waals surface area (Å²) in [7, 11) is 0. The summed E-state index contributed by atoms with van der Waals surface area (Å²) in [5, 5.41) is 2.67. The largest absolute Gasteiger partial charge is 0.391 e. The van der Waals surface area contributed by atoms with Crippen molar-refractivity contribution >= 4 is 5.91 Å². The average molecular weight is 280 g/mol. The van der Waals surface area contributed by atoms with Crippen LogP contribution in [0.3, 0.4) is 0 Å². The Labute approximate surface area is 112 Å². The van der Waals surface area contributed by atoms with Crippen LogP contribution in [-0.4, -0.2) is 24.7 Å². The molecule has 1 fully saturated rings. The zero-order valence-corrected chi connectivity index (χ0v) is 11.5. The lowest BCUT2D eigenvalue weighted by molar-refractivity contribution is -0.186. The van der Waals surface area contributed by atoms with E-state index in [0.717, 1.165) is 0 Å². The minimum atomic E-state index is -4.19. The summed E-state index contributed by atoms with van der Waals surface area (Å²) in [6.45, 7) is 4.21. The number of carbonyl (C=O) groups excluding carboxylic acids is 1. The summed E-state index contributed by atoms with van der Waals surface area (Å²) < 4.78 is 37.9. The van der Waals surface area contributed by atoms with Gasteiger partial charge in [-0.25, -0.2) is 0 Å². The fraction of sp³-hybridized carbons (Fsp3) is 0.923. The monoisotopic (exact) mass is 280 g/mol. The highest BCUT2D eigenvalue weighted by molar-refractivity contribution is 5.78. The van der Waals surface area contributed by atoms with Crippen molar-refractivity contribution in [1.29, 1.82) is 0 Å². The molecule has 1 aliphatic rings. The maximum Gasteiger partial charge on any atom is 0.391 e. The van der Waals surface area contributed by atoms with E-state index >= 15 is 0 Å². The predicted molar refractivity (Wildman–Crippen MR) is 67.3 cm³/mol. The molecule has 6 heteroatoms. The van der Waals surface area contributed by atoms with E-state index in [9.17, 15) is 18.0 Å². The van der Waals surface area contributed by atoms with E-state index in [1.165, 1.54) is 0 Å². The van der Waals surface area contributed by atoms with Gasteiger partial charge in [0.2, 0.25) is 5.91 Å². The van der Waals surface area contributed by atoms with Crippen molar-refractivity contribution in [1.82, 2.24) is 5.32 Å². The molecule has 3 unspecified atom stereocenters. The lowest BCUT2D eigenvalue weighted by atomic mass is 9.80. The first-order chi connectivity index (χ1) is 8.71. The molecule has 1 rings (SSSR count). The van der Waals surface area contributed by atoms with Crippen molar-refractivity contribution in [2.24, 2.45) is 23.5 Å². The minimum Gasteiger partial charge on any atom is -0.354 e. The lowest BCUT2D eigenvalue weighted by Gasteiger charge is -2.30. The van der Waals surface area contributed by atoms with Gasteiger partial charge in [0.1, 0.15) is 0 Å². The van der Waals surface area contributed by atoms with Gasteiger partial charge in [0.25, 0.3) is 0 Å². The number of halogens is 3. The topological polar surface area (TPSA) is 55.1 Å². The van der Waals surface area contributed by atoms with E-state index in [4.69, 9.17) is 5.73 Å². The molecule has 0 aliphatic heterocycles. The molecule has 112 valence electrons. The first-order valence-corrected chi connectivity index (χ1v) is 6.81. The molecule has 0 bridgehead atoms. The fourth-order valence-corrected chi connectivity index (χ4v) is 2.32. The van der Waals surface area contributed by atoms with Gasteiger partial charge in [-0.15, -0.1) is 0 Å². The third-order valence-electron chi connectivity index (χ3n) is 3.88. The highest BCUT2D eigenvalue weighted by Gasteiger charge is 2.43. The molecule has 1 aliphatic carbocycles. The van der Waals surface area contributed by atoms with Crippen LogP contribution in [0, 0.1) is 17.8 Å². The Morgan fingerprint density at radius 1 is 1.37 bits per heavy atom. The van der Waals surface area contributed by atoms with Gasteiger partial charge in [-0.2, -0.15) is 13.2 Å². The Morgan fingerprint density at radius 2 is 2.00 bits per heavy atom. The molecule has 0 spiro atoms. The molecule has 1 amide bonds. The number of alkyl halides is 3. The molecule has 3 atom stereocenters. The van der Waals surface area contributed by atoms with Gasteiger partial charge in [-0.05, 0) is 25.2 Å². The number of amides is 1. The van der Waals surface area contributed by atoms with Crippen molar-refractivity contribution < 1.29 is 18.0 Å². The van der Waals surface area contributed by atoms with Gasteiger partial charge in [0, 0.05) is 18.5 Å². The van der Waals surface area contributed by atoms with Crippen molar-refractivity contribution in [3.8, 4) is 0 Å². The van der Waals surface area contributed by atoms with Gasteiger partial charge in [-0.3, -0.25) is 4.79 Å². The summed E-state index contributed by atoms with van der Waals surface area (Å²) in [5.41, 5.74) is 5.80. The van der Waals surface area contributed by atoms with E-state index in [1.54, 1.807) is 0 Å². The molecule has 0 aromatic carbocycles. The molecule has 0 saturated heterocycles. The zero-order valence-electron chi connectivity index (χ0n) is 11.5. The number of rotatable bonds is 4. The summed E-state index contributed by atoms with van der Waals surface area (Å²) in [5.74, 6) is -1.92. The molecular formula is C13H23F3N2O. The third kappa shape index (κ3) is 5.01. The molecule has 19 heavy (non-hydrogen) atoms. The number of carbonyl (C=O) groups is 1. The SMILES string of the molecule is CC(C)C(N)CNC(=O)C1CCCC(C(F)(F)F)C1. The Morgan fingerprint density at radius 3 is 2.53 bits per heavy atom. The van der Waals surface area contributed by atoms with E-state index in [0.29, 0.717) is 19.4 Å². The first-order valence-electron chi connectivity index (χ1n) is 6.81. The van der Waals surface area contributed by atoms with Crippen LogP contribution in [0.1, 0.15) is 39.5 Å².